The number of pyridine rings is 1. The molecule has 0 unspecified atom stereocenters. The van der Waals surface area contributed by atoms with Gasteiger partial charge in [0.05, 0.1) is 48.5 Å². The van der Waals surface area contributed by atoms with Crippen molar-refractivity contribution in [2.24, 2.45) is 0 Å². The largest absolute Gasteiger partial charge is 0.497 e. The fraction of sp³-hybridized carbons (Fsp3) is 0.298. The van der Waals surface area contributed by atoms with Crippen LogP contribution < -0.4 is 34.1 Å². The van der Waals surface area contributed by atoms with Gasteiger partial charge in [-0.05, 0) is 99.3 Å². The number of aryl methyl sites for hydroxylation is 1. The molecule has 0 saturated heterocycles. The minimum absolute atomic E-state index is 0.00218. The number of hydrogen-bond donors (Lipinski definition) is 1. The van der Waals surface area contributed by atoms with Crippen LogP contribution >= 0.6 is 23.2 Å². The minimum atomic E-state index is -5.22. The first kappa shape index (κ1) is 48.3. The van der Waals surface area contributed by atoms with Gasteiger partial charge in [-0.25, -0.2) is 33.7 Å². The molecule has 6 aromatic rings. The summed E-state index contributed by atoms with van der Waals surface area (Å²) >= 11 is 13.5. The molecule has 0 saturated carbocycles. The average molecular weight is 970 g/mol. The maximum atomic E-state index is 17.7. The van der Waals surface area contributed by atoms with Gasteiger partial charge in [0.15, 0.2) is 17.4 Å². The molecule has 0 fully saturated rings. The smallest absolute Gasteiger partial charge is 0.423 e. The van der Waals surface area contributed by atoms with Gasteiger partial charge in [-0.15, -0.1) is 0 Å². The number of alkyl carbamates (subject to hydrolysis) is 1. The van der Waals surface area contributed by atoms with Crippen molar-refractivity contribution in [3.8, 4) is 34.3 Å². The molecule has 0 bridgehead atoms. The van der Waals surface area contributed by atoms with Crippen LogP contribution in [0, 0.1) is 18.6 Å². The number of nitrogens with zero attached hydrogens (tertiary/aromatic N) is 5. The molecule has 67 heavy (non-hydrogen) atoms. The maximum Gasteiger partial charge on any atom is 0.423 e. The summed E-state index contributed by atoms with van der Waals surface area (Å²) in [7, 11) is 3.00. The third-order valence-electron chi connectivity index (χ3n) is 10.7. The average Bonchev–Trinajstić information content (AvgIpc) is 3.45. The Hall–Kier alpha value is -6.66. The molecule has 0 aliphatic carbocycles. The Labute approximate surface area is 391 Å². The first-order chi connectivity index (χ1) is 31.7. The Morgan fingerprint density at radius 2 is 1.51 bits per heavy atom. The number of imide groups is 1. The highest BCUT2D eigenvalue weighted by atomic mass is 35.5. The highest BCUT2D eigenvalue weighted by molar-refractivity contribution is 6.37. The van der Waals surface area contributed by atoms with Gasteiger partial charge in [-0.3, -0.25) is 0 Å². The van der Waals surface area contributed by atoms with Gasteiger partial charge >= 0.3 is 18.4 Å². The minimum Gasteiger partial charge on any atom is -0.497 e. The van der Waals surface area contributed by atoms with Crippen LogP contribution in [0.25, 0.3) is 22.0 Å². The number of aromatic nitrogens is 3. The van der Waals surface area contributed by atoms with E-state index in [4.69, 9.17) is 46.9 Å². The number of carbonyl (C=O) groups is 2. The summed E-state index contributed by atoms with van der Waals surface area (Å²) in [5, 5.41) is 0.576. The van der Waals surface area contributed by atoms with Crippen LogP contribution in [0.4, 0.5) is 43.0 Å². The predicted octanol–water partition coefficient (Wildman–Crippen LogP) is 11.8. The molecule has 3 heterocycles. The van der Waals surface area contributed by atoms with Gasteiger partial charge in [0, 0.05) is 36.0 Å². The van der Waals surface area contributed by atoms with Crippen molar-refractivity contribution in [1.29, 1.82) is 0 Å². The van der Waals surface area contributed by atoms with Crippen LogP contribution in [0.3, 0.4) is 0 Å². The zero-order valence-corrected chi connectivity index (χ0v) is 38.6. The monoisotopic (exact) mass is 968 g/mol. The van der Waals surface area contributed by atoms with Crippen molar-refractivity contribution in [1.82, 2.24) is 20.3 Å². The zero-order chi connectivity index (χ0) is 48.5. The second-order valence-corrected chi connectivity index (χ2v) is 17.0. The second kappa shape index (κ2) is 19.3. The molecule has 0 spiro atoms. The highest BCUT2D eigenvalue weighted by Gasteiger charge is 2.42. The summed E-state index contributed by atoms with van der Waals surface area (Å²) in [5.74, 6) is -2.38. The molecule has 1 aliphatic heterocycles. The molecule has 352 valence electrons. The lowest BCUT2D eigenvalue weighted by Crippen LogP contribution is -2.38. The van der Waals surface area contributed by atoms with E-state index in [-0.39, 0.29) is 60.3 Å². The van der Waals surface area contributed by atoms with E-state index >= 15 is 22.0 Å². The Morgan fingerprint density at radius 3 is 2.07 bits per heavy atom. The van der Waals surface area contributed by atoms with Crippen molar-refractivity contribution in [3.05, 3.63) is 123 Å². The van der Waals surface area contributed by atoms with Crippen LogP contribution in [0.5, 0.6) is 23.1 Å². The SMILES string of the molecule is COc1ccc(CN(Cc2ccc(OC)cc2)c2cc(C)c(C(F)(F)F)c(-c3c(Cl)c4c5c(nc(Cl)nc5c3F)N([C@H](C)c3cccnc3OC(=O)NC(=O)OC(C)(C)C)CCO4)c2F)cc1. The molecule has 4 aromatic carbocycles. The first-order valence-electron chi connectivity index (χ1n) is 20.5. The summed E-state index contributed by atoms with van der Waals surface area (Å²) in [6.45, 7) is 7.38. The number of nitrogens with one attached hydrogen (secondary N) is 1. The fourth-order valence-corrected chi connectivity index (χ4v) is 8.22. The topological polar surface area (TPSA) is 137 Å². The lowest BCUT2D eigenvalue weighted by atomic mass is 9.91. The van der Waals surface area contributed by atoms with Crippen LogP contribution in [0.1, 0.15) is 61.6 Å². The number of halogens is 7. The van der Waals surface area contributed by atoms with E-state index < -0.39 is 79.7 Å². The molecule has 1 aliphatic rings. The molecular weight excluding hydrogens is 926 g/mol. The predicted molar refractivity (Wildman–Crippen MR) is 241 cm³/mol. The van der Waals surface area contributed by atoms with Gasteiger partial charge < -0.3 is 33.5 Å². The van der Waals surface area contributed by atoms with E-state index in [1.165, 1.54) is 25.3 Å². The molecular formula is C47H43Cl2F5N6O7. The van der Waals surface area contributed by atoms with Crippen LogP contribution in [-0.2, 0) is 24.0 Å². The lowest BCUT2D eigenvalue weighted by molar-refractivity contribution is -0.137. The third-order valence-corrected chi connectivity index (χ3v) is 11.2. The summed E-state index contributed by atoms with van der Waals surface area (Å²) < 4.78 is 109. The molecule has 7 rings (SSSR count). The van der Waals surface area contributed by atoms with E-state index in [2.05, 4.69) is 15.0 Å². The lowest BCUT2D eigenvalue weighted by Gasteiger charge is -2.30. The molecule has 1 atom stereocenters. The Balaban J connectivity index is 1.37. The Kier molecular flexibility index (Phi) is 13.9. The standard InChI is InChI=1S/C47H43Cl2F5N6O7/c1-24-21-31(59(22-26-10-14-28(63-6)15-11-26)23-27-12-16-29(64-7)17-13-27)37(50)32(35(24)47(52,53)54)33-36(48)40-34-39(38(33)51)56-43(49)57-41(34)60(19-20-65-40)25(2)30-9-8-18-55-42(30)66-44(61)58-45(62)67-46(3,4)5/h8-18,21,25H,19-20,22-23H2,1-7H3,(H,58,61,62)/t25-/m1/s1. The number of carbonyl (C=O) groups excluding carboxylic acids is 2. The Bertz CT molecular complexity index is 2800. The van der Waals surface area contributed by atoms with Crippen LogP contribution in [-0.4, -0.2) is 60.1 Å². The van der Waals surface area contributed by atoms with Gasteiger partial charge in [-0.2, -0.15) is 18.2 Å². The van der Waals surface area contributed by atoms with Crippen LogP contribution in [0.2, 0.25) is 10.3 Å². The zero-order valence-electron chi connectivity index (χ0n) is 37.1. The molecule has 20 heteroatoms. The maximum absolute atomic E-state index is 17.7. The third kappa shape index (κ3) is 10.3. The number of ether oxygens (including phenoxy) is 5. The van der Waals surface area contributed by atoms with Crippen molar-refractivity contribution in [2.75, 3.05) is 37.2 Å². The molecule has 1 N–H and O–H groups in total. The highest BCUT2D eigenvalue weighted by Crippen LogP contribution is 2.53. The molecule has 0 radical (unpaired) electrons. The normalized spacial score (nSPS) is 13.1. The van der Waals surface area contributed by atoms with Crippen molar-refractivity contribution < 1.29 is 55.2 Å². The quantitative estimate of drug-likeness (QED) is 0.0977. The van der Waals surface area contributed by atoms with Crippen molar-refractivity contribution in [3.63, 3.8) is 0 Å². The van der Waals surface area contributed by atoms with E-state index in [0.29, 0.717) is 22.6 Å². The number of anilines is 2. The number of benzene rings is 4. The van der Waals surface area contributed by atoms with E-state index in [1.807, 2.05) is 5.32 Å². The van der Waals surface area contributed by atoms with Gasteiger partial charge in [0.25, 0.3) is 0 Å². The number of alkyl halides is 3. The van der Waals surface area contributed by atoms with Gasteiger partial charge in [0.2, 0.25) is 11.2 Å². The summed E-state index contributed by atoms with van der Waals surface area (Å²) in [6, 6.07) is 17.1. The summed E-state index contributed by atoms with van der Waals surface area (Å²) in [4.78, 5) is 40.9. The number of amides is 2. The number of methoxy groups -OCH3 is 2. The van der Waals surface area contributed by atoms with Gasteiger partial charge in [-0.1, -0.05) is 41.9 Å². The Morgan fingerprint density at radius 1 is 0.896 bits per heavy atom. The number of rotatable bonds is 11. The van der Waals surface area contributed by atoms with E-state index in [0.717, 1.165) is 13.0 Å². The van der Waals surface area contributed by atoms with E-state index in [1.54, 1.807) is 93.3 Å². The van der Waals surface area contributed by atoms with Crippen molar-refractivity contribution in [2.45, 2.75) is 65.5 Å². The first-order valence-corrected chi connectivity index (χ1v) is 21.3. The summed E-state index contributed by atoms with van der Waals surface area (Å²) in [5.41, 5.74) is -4.27. The second-order valence-electron chi connectivity index (χ2n) is 16.3. The fourth-order valence-electron chi connectivity index (χ4n) is 7.73. The molecule has 2 amide bonds. The van der Waals surface area contributed by atoms with E-state index in [9.17, 15) is 9.59 Å². The number of hydrogen-bond acceptors (Lipinski definition) is 12. The van der Waals surface area contributed by atoms with Crippen molar-refractivity contribution >= 4 is 57.8 Å². The molecule has 13 nitrogen and oxygen atoms in total. The molecule has 2 aromatic heterocycles. The van der Waals surface area contributed by atoms with Crippen LogP contribution in [0.15, 0.2) is 72.9 Å². The van der Waals surface area contributed by atoms with Gasteiger partial charge in [0.1, 0.15) is 35.0 Å². The summed E-state index contributed by atoms with van der Waals surface area (Å²) in [6.07, 6.45) is -6.15.